The van der Waals surface area contributed by atoms with E-state index in [1.165, 1.54) is 18.5 Å². The van der Waals surface area contributed by atoms with Crippen molar-refractivity contribution >= 4 is 11.4 Å². The third-order valence-electron chi connectivity index (χ3n) is 8.95. The Hall–Kier alpha value is -3.68. The zero-order valence-corrected chi connectivity index (χ0v) is 23.1. The van der Waals surface area contributed by atoms with E-state index in [1.54, 1.807) is 14.2 Å². The molecule has 2 atom stereocenters. The molecule has 3 aromatic rings. The van der Waals surface area contributed by atoms with E-state index >= 15 is 0 Å². The van der Waals surface area contributed by atoms with Crippen LogP contribution in [0.3, 0.4) is 0 Å². The summed E-state index contributed by atoms with van der Waals surface area (Å²) in [5.41, 5.74) is 6.55. The van der Waals surface area contributed by atoms with Crippen LogP contribution in [0.5, 0.6) is 11.5 Å². The summed E-state index contributed by atoms with van der Waals surface area (Å²) in [5, 5.41) is 10.4. The van der Waals surface area contributed by atoms with Crippen LogP contribution in [0.25, 0.3) is 5.76 Å². The van der Waals surface area contributed by atoms with Gasteiger partial charge >= 0.3 is 0 Å². The Morgan fingerprint density at radius 1 is 0.950 bits per heavy atom. The van der Waals surface area contributed by atoms with Crippen molar-refractivity contribution in [1.82, 2.24) is 0 Å². The fourth-order valence-corrected chi connectivity index (χ4v) is 6.86. The minimum atomic E-state index is -0.713. The molecule has 0 saturated carbocycles. The summed E-state index contributed by atoms with van der Waals surface area (Å²) in [5.74, 6) is 2.99. The van der Waals surface area contributed by atoms with Crippen LogP contribution in [0.2, 0.25) is 0 Å². The molecule has 0 bridgehead atoms. The molecular weight excluding hydrogens is 506 g/mol. The molecule has 3 aliphatic heterocycles. The van der Waals surface area contributed by atoms with Crippen molar-refractivity contribution in [3.63, 3.8) is 0 Å². The minimum absolute atomic E-state index is 0.0772. The largest absolute Gasteiger partial charge is 0.497 e. The number of aliphatic hydroxyl groups excluding tert-OH is 1. The highest BCUT2D eigenvalue weighted by Crippen LogP contribution is 2.51. The van der Waals surface area contributed by atoms with Crippen LogP contribution in [0.15, 0.2) is 60.4 Å². The molecule has 0 spiro atoms. The first-order chi connectivity index (χ1) is 19.6. The number of nitrogens with zero attached hydrogens (tertiary/aromatic N) is 1. The fraction of sp³-hybridized carbons (Fsp3) is 0.394. The molecule has 3 heterocycles. The van der Waals surface area contributed by atoms with Gasteiger partial charge in [-0.15, -0.1) is 0 Å². The van der Waals surface area contributed by atoms with Crippen LogP contribution in [0.1, 0.15) is 52.6 Å². The number of benzene rings is 3. The molecule has 3 aromatic carbocycles. The third kappa shape index (κ3) is 3.94. The average molecular weight is 542 g/mol. The maximum Gasteiger partial charge on any atom is 0.189 e. The minimum Gasteiger partial charge on any atom is -0.497 e. The van der Waals surface area contributed by atoms with E-state index in [9.17, 15) is 5.11 Å². The van der Waals surface area contributed by atoms with Crippen molar-refractivity contribution < 1.29 is 28.8 Å². The van der Waals surface area contributed by atoms with Gasteiger partial charge in [-0.2, -0.15) is 0 Å². The molecule has 0 amide bonds. The summed E-state index contributed by atoms with van der Waals surface area (Å²) in [6.07, 6.45) is 4.39. The van der Waals surface area contributed by atoms with Crippen molar-refractivity contribution in [2.24, 2.45) is 0 Å². The molecule has 0 aromatic heterocycles. The number of aliphatic hydroxyl groups is 1. The van der Waals surface area contributed by atoms with Crippen molar-refractivity contribution in [1.29, 1.82) is 0 Å². The number of hydrogen-bond acceptors (Lipinski definition) is 7. The first-order valence-electron chi connectivity index (χ1n) is 14.2. The Kier molecular flexibility index (Phi) is 6.36. The molecular formula is C33H35NO6. The van der Waals surface area contributed by atoms with Crippen molar-refractivity contribution in [3.05, 3.63) is 93.7 Å². The lowest BCUT2D eigenvalue weighted by atomic mass is 9.77. The highest BCUT2D eigenvalue weighted by molar-refractivity contribution is 5.73. The Bertz CT molecular complexity index is 1440. The highest BCUT2D eigenvalue weighted by atomic mass is 16.7. The Labute approximate surface area is 234 Å². The smallest absolute Gasteiger partial charge is 0.189 e. The maximum atomic E-state index is 10.4. The molecule has 7 heteroatoms. The zero-order valence-electron chi connectivity index (χ0n) is 23.1. The van der Waals surface area contributed by atoms with Gasteiger partial charge in [-0.3, -0.25) is 0 Å². The first-order valence-corrected chi connectivity index (χ1v) is 14.2. The van der Waals surface area contributed by atoms with Crippen LogP contribution < -0.4 is 14.4 Å². The summed E-state index contributed by atoms with van der Waals surface area (Å²) in [6, 6.07) is 19.1. The predicted octanol–water partition coefficient (Wildman–Crippen LogP) is 5.30. The molecule has 40 heavy (non-hydrogen) atoms. The second-order valence-corrected chi connectivity index (χ2v) is 10.9. The zero-order chi connectivity index (χ0) is 27.3. The molecule has 4 aliphatic rings. The molecule has 208 valence electrons. The fourth-order valence-electron chi connectivity index (χ4n) is 6.86. The van der Waals surface area contributed by atoms with E-state index < -0.39 is 5.60 Å². The van der Waals surface area contributed by atoms with E-state index in [1.807, 2.05) is 18.2 Å². The Balaban J connectivity index is 1.38. The lowest BCUT2D eigenvalue weighted by Crippen LogP contribution is -2.39. The molecule has 1 aliphatic carbocycles. The van der Waals surface area contributed by atoms with Crippen molar-refractivity contribution in [3.8, 4) is 11.5 Å². The van der Waals surface area contributed by atoms with E-state index in [0.717, 1.165) is 70.8 Å². The van der Waals surface area contributed by atoms with E-state index in [4.69, 9.17) is 23.7 Å². The van der Waals surface area contributed by atoms with Gasteiger partial charge in [0.1, 0.15) is 17.6 Å². The molecule has 2 unspecified atom stereocenters. The monoisotopic (exact) mass is 541 g/mol. The molecule has 0 radical (unpaired) electrons. The molecule has 7 nitrogen and oxygen atoms in total. The van der Waals surface area contributed by atoms with E-state index in [-0.39, 0.29) is 19.5 Å². The van der Waals surface area contributed by atoms with Crippen LogP contribution in [-0.2, 0) is 39.3 Å². The number of fused-ring (bicyclic) bond motifs is 4. The average Bonchev–Trinajstić information content (AvgIpc) is 3.72. The third-order valence-corrected chi connectivity index (χ3v) is 8.95. The van der Waals surface area contributed by atoms with Gasteiger partial charge in [-0.05, 0) is 61.6 Å². The van der Waals surface area contributed by atoms with Gasteiger partial charge in [-0.1, -0.05) is 24.3 Å². The summed E-state index contributed by atoms with van der Waals surface area (Å²) >= 11 is 0. The first kappa shape index (κ1) is 25.3. The summed E-state index contributed by atoms with van der Waals surface area (Å²) in [6.45, 7) is 2.34. The second kappa shape index (κ2) is 10.1. The van der Waals surface area contributed by atoms with E-state index in [2.05, 4.69) is 41.3 Å². The van der Waals surface area contributed by atoms with Gasteiger partial charge in [0.2, 0.25) is 0 Å². The Morgan fingerprint density at radius 3 is 2.35 bits per heavy atom. The van der Waals surface area contributed by atoms with Gasteiger partial charge in [0, 0.05) is 53.0 Å². The normalized spacial score (nSPS) is 23.2. The second-order valence-electron chi connectivity index (χ2n) is 10.9. The molecule has 7 rings (SSSR count). The summed E-state index contributed by atoms with van der Waals surface area (Å²) < 4.78 is 30.3. The van der Waals surface area contributed by atoms with Crippen LogP contribution in [0, 0.1) is 0 Å². The number of rotatable bonds is 6. The maximum absolute atomic E-state index is 10.4. The molecule has 2 fully saturated rings. The Morgan fingerprint density at radius 2 is 1.68 bits per heavy atom. The van der Waals surface area contributed by atoms with Crippen LogP contribution >= 0.6 is 0 Å². The number of anilines is 1. The summed E-state index contributed by atoms with van der Waals surface area (Å²) in [4.78, 5) is 2.45. The van der Waals surface area contributed by atoms with Gasteiger partial charge in [0.05, 0.1) is 20.8 Å². The standard InChI is InChI=1S/C33H35NO6/c1-36-25-11-7-23(8-12-25)33(22-5-9-24(10-6-22)34-15-3-4-16-34)14-13-26-21(19-35)17-27-28(30(26)40-33)18-29-32(31(27)37-2)39-20-38-29/h5-12,17,29,35H,3-4,13-16,18-20H2,1-2H3. The van der Waals surface area contributed by atoms with E-state index in [0.29, 0.717) is 17.9 Å². The quantitative estimate of drug-likeness (QED) is 0.454. The predicted molar refractivity (Wildman–Crippen MR) is 151 cm³/mol. The number of ether oxygens (including phenoxy) is 5. The van der Waals surface area contributed by atoms with Crippen LogP contribution in [-0.4, -0.2) is 45.3 Å². The number of hydrogen-bond donors (Lipinski definition) is 1. The van der Waals surface area contributed by atoms with Gasteiger partial charge in [-0.25, -0.2) is 0 Å². The van der Waals surface area contributed by atoms with Crippen molar-refractivity contribution in [2.75, 3.05) is 39.0 Å². The lowest BCUT2D eigenvalue weighted by Gasteiger charge is -2.42. The van der Waals surface area contributed by atoms with Gasteiger partial charge < -0.3 is 33.7 Å². The SMILES string of the molecule is COC1=C2OCOC2Cc2c1cc(CO)c1c2OC(c2ccc(OC)cc2)(c2ccc(N3CCCC3)cc2)CC1. The number of methoxy groups -OCH3 is 2. The topological polar surface area (TPSA) is 69.6 Å². The van der Waals surface area contributed by atoms with Gasteiger partial charge in [0.15, 0.2) is 23.9 Å². The molecule has 1 N–H and O–H groups in total. The summed E-state index contributed by atoms with van der Waals surface area (Å²) in [7, 11) is 3.33. The van der Waals surface area contributed by atoms with Crippen molar-refractivity contribution in [2.45, 2.75) is 50.4 Å². The highest BCUT2D eigenvalue weighted by Gasteiger charge is 2.44. The lowest BCUT2D eigenvalue weighted by molar-refractivity contribution is 0.0484. The van der Waals surface area contributed by atoms with Gasteiger partial charge in [0.25, 0.3) is 0 Å². The molecule has 2 saturated heterocycles. The van der Waals surface area contributed by atoms with Crippen LogP contribution in [0.4, 0.5) is 5.69 Å².